The normalized spacial score (nSPS) is 11.3. The minimum Gasteiger partial charge on any atom is -0.368 e. The van der Waals surface area contributed by atoms with Crippen molar-refractivity contribution in [3.05, 3.63) is 44.0 Å². The second-order valence-electron chi connectivity index (χ2n) is 5.07. The lowest BCUT2D eigenvalue weighted by Gasteiger charge is -2.10. The molecule has 0 saturated heterocycles. The van der Waals surface area contributed by atoms with E-state index in [2.05, 4.69) is 57.5 Å². The Labute approximate surface area is 147 Å². The molecule has 0 atom stereocenters. The van der Waals surface area contributed by atoms with E-state index in [9.17, 15) is 0 Å². The lowest BCUT2D eigenvalue weighted by Crippen LogP contribution is -2.06. The molecule has 3 rings (SSSR count). The number of halogens is 2. The molecule has 2 N–H and O–H groups in total. The molecule has 0 fully saturated rings. The second kappa shape index (κ2) is 6.00. The number of nitrogens with two attached hydrogens (primary N) is 1. The number of pyridine rings is 1. The van der Waals surface area contributed by atoms with Gasteiger partial charge in [-0.25, -0.2) is 4.98 Å². The molecule has 5 nitrogen and oxygen atoms in total. The van der Waals surface area contributed by atoms with Crippen LogP contribution >= 0.6 is 34.2 Å². The van der Waals surface area contributed by atoms with Crippen LogP contribution in [0.5, 0.6) is 0 Å². The number of fused-ring (bicyclic) bond motifs is 1. The van der Waals surface area contributed by atoms with Crippen molar-refractivity contribution in [1.82, 2.24) is 19.5 Å². The summed E-state index contributed by atoms with van der Waals surface area (Å²) in [6, 6.07) is 2.06. The van der Waals surface area contributed by atoms with Gasteiger partial charge in [0, 0.05) is 16.0 Å². The van der Waals surface area contributed by atoms with Gasteiger partial charge in [-0.1, -0.05) is 18.5 Å². The van der Waals surface area contributed by atoms with Crippen LogP contribution in [0, 0.1) is 10.5 Å². The number of nitrogens with zero attached hydrogens (tertiary/aromatic N) is 4. The number of hydrogen-bond acceptors (Lipinski definition) is 4. The van der Waals surface area contributed by atoms with Crippen molar-refractivity contribution in [3.8, 4) is 0 Å². The van der Waals surface area contributed by atoms with E-state index in [1.807, 2.05) is 17.0 Å². The molecule has 7 heteroatoms. The third-order valence-corrected chi connectivity index (χ3v) is 4.86. The summed E-state index contributed by atoms with van der Waals surface area (Å²) < 4.78 is 3.03. The predicted molar refractivity (Wildman–Crippen MR) is 97.1 cm³/mol. The second-order valence-corrected chi connectivity index (χ2v) is 6.59. The zero-order valence-electron chi connectivity index (χ0n) is 12.3. The fraction of sp³-hybridized carbons (Fsp3) is 0.267. The van der Waals surface area contributed by atoms with Crippen LogP contribution in [-0.4, -0.2) is 19.5 Å². The molecule has 0 amide bonds. The highest BCUT2D eigenvalue weighted by molar-refractivity contribution is 14.1. The third kappa shape index (κ3) is 2.65. The largest absolute Gasteiger partial charge is 0.368 e. The highest BCUT2D eigenvalue weighted by Gasteiger charge is 2.15. The number of rotatable bonds is 3. The Morgan fingerprint density at radius 2 is 2.14 bits per heavy atom. The highest BCUT2D eigenvalue weighted by Crippen LogP contribution is 2.28. The summed E-state index contributed by atoms with van der Waals surface area (Å²) in [5.74, 6) is 0.181. The van der Waals surface area contributed by atoms with Crippen LogP contribution in [0.15, 0.2) is 18.5 Å². The Kier molecular flexibility index (Phi) is 4.22. The van der Waals surface area contributed by atoms with Crippen molar-refractivity contribution in [2.45, 2.75) is 26.8 Å². The van der Waals surface area contributed by atoms with Gasteiger partial charge in [-0.05, 0) is 53.1 Å². The van der Waals surface area contributed by atoms with Crippen LogP contribution in [0.25, 0.3) is 11.0 Å². The topological polar surface area (TPSA) is 69.6 Å². The van der Waals surface area contributed by atoms with Crippen molar-refractivity contribution in [2.75, 3.05) is 5.73 Å². The fourth-order valence-corrected chi connectivity index (χ4v) is 3.83. The van der Waals surface area contributed by atoms with Crippen LogP contribution in [0.3, 0.4) is 0 Å². The first-order valence-electron chi connectivity index (χ1n) is 6.92. The SMILES string of the molecule is CCc1ccnc(Cn2cc(I)c3c(Cl)nc(N)nc32)c1C. The van der Waals surface area contributed by atoms with Crippen LogP contribution in [0.4, 0.5) is 5.95 Å². The van der Waals surface area contributed by atoms with Crippen molar-refractivity contribution in [3.63, 3.8) is 0 Å². The van der Waals surface area contributed by atoms with E-state index in [0.29, 0.717) is 11.7 Å². The maximum absolute atomic E-state index is 6.20. The molecular formula is C15H15ClIN5. The Morgan fingerprint density at radius 3 is 2.86 bits per heavy atom. The predicted octanol–water partition coefficient (Wildman–Crippen LogP) is 3.59. The molecule has 0 radical (unpaired) electrons. The highest BCUT2D eigenvalue weighted by atomic mass is 127. The first kappa shape index (κ1) is 15.5. The van der Waals surface area contributed by atoms with Gasteiger partial charge in [-0.15, -0.1) is 0 Å². The van der Waals surface area contributed by atoms with Crippen LogP contribution in [0.1, 0.15) is 23.7 Å². The first-order valence-corrected chi connectivity index (χ1v) is 8.37. The van der Waals surface area contributed by atoms with E-state index in [0.717, 1.165) is 26.7 Å². The maximum atomic E-state index is 6.20. The quantitative estimate of drug-likeness (QED) is 0.512. The van der Waals surface area contributed by atoms with E-state index >= 15 is 0 Å². The fourth-order valence-electron chi connectivity index (χ4n) is 2.56. The summed E-state index contributed by atoms with van der Waals surface area (Å²) in [5, 5.41) is 1.22. The summed E-state index contributed by atoms with van der Waals surface area (Å²) in [4.78, 5) is 12.9. The summed E-state index contributed by atoms with van der Waals surface area (Å²) in [5.41, 5.74) is 10.0. The first-order chi connectivity index (χ1) is 10.5. The van der Waals surface area contributed by atoms with E-state index in [1.165, 1.54) is 11.1 Å². The number of aryl methyl sites for hydroxylation is 1. The molecule has 22 heavy (non-hydrogen) atoms. The summed E-state index contributed by atoms with van der Waals surface area (Å²) >= 11 is 8.43. The molecule has 0 aliphatic rings. The summed E-state index contributed by atoms with van der Waals surface area (Å²) in [6.07, 6.45) is 4.85. The van der Waals surface area contributed by atoms with Gasteiger partial charge < -0.3 is 10.3 Å². The molecule has 114 valence electrons. The molecule has 0 saturated carbocycles. The molecular weight excluding hydrogens is 413 g/mol. The standard InChI is InChI=1S/C15H15ClIN5/c1-3-9-4-5-19-11(8(9)2)7-22-6-10(17)12-13(16)20-15(18)21-14(12)22/h4-6H,3,7H2,1-2H3,(H2,18,20,21). The van der Waals surface area contributed by atoms with E-state index in [4.69, 9.17) is 17.3 Å². The molecule has 0 aliphatic heterocycles. The number of anilines is 1. The summed E-state index contributed by atoms with van der Waals surface area (Å²) in [6.45, 7) is 4.88. The Balaban J connectivity index is 2.12. The summed E-state index contributed by atoms with van der Waals surface area (Å²) in [7, 11) is 0. The van der Waals surface area contributed by atoms with Gasteiger partial charge in [-0.3, -0.25) is 4.98 Å². The molecule has 0 aliphatic carbocycles. The lowest BCUT2D eigenvalue weighted by atomic mass is 10.1. The average Bonchev–Trinajstić information content (AvgIpc) is 2.77. The van der Waals surface area contributed by atoms with Crippen LogP contribution in [0.2, 0.25) is 5.15 Å². The van der Waals surface area contributed by atoms with Gasteiger partial charge >= 0.3 is 0 Å². The minimum absolute atomic E-state index is 0.181. The smallest absolute Gasteiger partial charge is 0.223 e. The van der Waals surface area contributed by atoms with Gasteiger partial charge in [0.15, 0.2) is 0 Å². The maximum Gasteiger partial charge on any atom is 0.223 e. The Bertz CT molecular complexity index is 859. The zero-order chi connectivity index (χ0) is 15.9. The van der Waals surface area contributed by atoms with E-state index in [1.54, 1.807) is 0 Å². The van der Waals surface area contributed by atoms with Crippen molar-refractivity contribution in [2.24, 2.45) is 0 Å². The van der Waals surface area contributed by atoms with Crippen molar-refractivity contribution >= 4 is 51.2 Å². The molecule has 3 heterocycles. The molecule has 0 spiro atoms. The van der Waals surface area contributed by atoms with Crippen LogP contribution < -0.4 is 5.73 Å². The van der Waals surface area contributed by atoms with Gasteiger partial charge in [0.05, 0.1) is 17.6 Å². The molecule has 3 aromatic heterocycles. The lowest BCUT2D eigenvalue weighted by molar-refractivity contribution is 0.784. The Morgan fingerprint density at radius 1 is 1.36 bits per heavy atom. The number of aromatic nitrogens is 4. The molecule has 0 unspecified atom stereocenters. The van der Waals surface area contributed by atoms with Crippen LogP contribution in [-0.2, 0) is 13.0 Å². The number of hydrogen-bond donors (Lipinski definition) is 1. The molecule has 3 aromatic rings. The van der Waals surface area contributed by atoms with Crippen molar-refractivity contribution in [1.29, 1.82) is 0 Å². The van der Waals surface area contributed by atoms with E-state index in [-0.39, 0.29) is 5.95 Å². The third-order valence-electron chi connectivity index (χ3n) is 3.76. The molecule has 0 aromatic carbocycles. The number of nitrogen functional groups attached to an aromatic ring is 1. The van der Waals surface area contributed by atoms with Gasteiger partial charge in [0.25, 0.3) is 0 Å². The molecule has 0 bridgehead atoms. The zero-order valence-corrected chi connectivity index (χ0v) is 15.2. The van der Waals surface area contributed by atoms with Gasteiger partial charge in [0.1, 0.15) is 10.8 Å². The van der Waals surface area contributed by atoms with E-state index < -0.39 is 0 Å². The van der Waals surface area contributed by atoms with Gasteiger partial charge in [-0.2, -0.15) is 4.98 Å². The van der Waals surface area contributed by atoms with Crippen molar-refractivity contribution < 1.29 is 0 Å². The Hall–Kier alpha value is -1.41. The monoisotopic (exact) mass is 427 g/mol. The van der Waals surface area contributed by atoms with Gasteiger partial charge in [0.2, 0.25) is 5.95 Å². The average molecular weight is 428 g/mol. The minimum atomic E-state index is 0.181.